The van der Waals surface area contributed by atoms with Gasteiger partial charge in [0.1, 0.15) is 16.3 Å². The zero-order chi connectivity index (χ0) is 15.6. The number of carbonyl (C=O) groups excluding carboxylic acids is 1. The normalized spacial score (nSPS) is 10.7. The fourth-order valence-electron chi connectivity index (χ4n) is 2.22. The van der Waals surface area contributed by atoms with Gasteiger partial charge in [-0.15, -0.1) is 11.3 Å². The Kier molecular flexibility index (Phi) is 4.53. The molecule has 2 rings (SSSR count). The standard InChI is InChI=1S/C16H19NO3S/c1-9(2)14-12(10-5-7-11(19-3)8-6-10)13(15(17)21-14)16(18)20-4/h5-9H,17H2,1-4H3. The molecule has 5 heteroatoms. The Bertz CT molecular complexity index is 644. The molecule has 112 valence electrons. The first-order valence-corrected chi connectivity index (χ1v) is 7.46. The molecular formula is C16H19NO3S. The molecule has 2 aromatic rings. The largest absolute Gasteiger partial charge is 0.497 e. The molecule has 0 saturated heterocycles. The third-order valence-electron chi connectivity index (χ3n) is 3.26. The first kappa shape index (κ1) is 15.4. The summed E-state index contributed by atoms with van der Waals surface area (Å²) in [5.41, 5.74) is 8.30. The lowest BCUT2D eigenvalue weighted by Crippen LogP contribution is -2.05. The lowest BCUT2D eigenvalue weighted by molar-refractivity contribution is 0.0603. The van der Waals surface area contributed by atoms with E-state index in [1.165, 1.54) is 18.4 Å². The minimum Gasteiger partial charge on any atom is -0.497 e. The van der Waals surface area contributed by atoms with Gasteiger partial charge < -0.3 is 15.2 Å². The summed E-state index contributed by atoms with van der Waals surface area (Å²) in [5, 5.41) is 0.497. The lowest BCUT2D eigenvalue weighted by atomic mass is 9.97. The van der Waals surface area contributed by atoms with Gasteiger partial charge in [-0.05, 0) is 23.6 Å². The number of hydrogen-bond donors (Lipinski definition) is 1. The second-order valence-corrected chi connectivity index (χ2v) is 6.04. The lowest BCUT2D eigenvalue weighted by Gasteiger charge is -2.10. The molecule has 4 nitrogen and oxygen atoms in total. The molecule has 1 aromatic heterocycles. The van der Waals surface area contributed by atoms with Crippen molar-refractivity contribution in [2.75, 3.05) is 20.0 Å². The summed E-state index contributed by atoms with van der Waals surface area (Å²) in [6, 6.07) is 7.60. The van der Waals surface area contributed by atoms with Crippen LogP contribution in [0.1, 0.15) is 35.0 Å². The number of hydrogen-bond acceptors (Lipinski definition) is 5. The van der Waals surface area contributed by atoms with E-state index < -0.39 is 5.97 Å². The zero-order valence-corrected chi connectivity index (χ0v) is 13.4. The van der Waals surface area contributed by atoms with Crippen molar-refractivity contribution in [3.63, 3.8) is 0 Å². The summed E-state index contributed by atoms with van der Waals surface area (Å²) in [7, 11) is 2.99. The molecule has 21 heavy (non-hydrogen) atoms. The molecule has 0 spiro atoms. The van der Waals surface area contributed by atoms with E-state index >= 15 is 0 Å². The van der Waals surface area contributed by atoms with Crippen LogP contribution in [0, 0.1) is 0 Å². The van der Waals surface area contributed by atoms with Gasteiger partial charge in [-0.25, -0.2) is 4.79 Å². The number of benzene rings is 1. The van der Waals surface area contributed by atoms with Crippen molar-refractivity contribution >= 4 is 22.3 Å². The van der Waals surface area contributed by atoms with Crippen molar-refractivity contribution in [3.8, 4) is 16.9 Å². The van der Waals surface area contributed by atoms with E-state index in [1.807, 2.05) is 24.3 Å². The number of nitrogens with two attached hydrogens (primary N) is 1. The summed E-state index contributed by atoms with van der Waals surface area (Å²) < 4.78 is 10.1. The second-order valence-electron chi connectivity index (χ2n) is 4.96. The average Bonchev–Trinajstić information content (AvgIpc) is 2.84. The van der Waals surface area contributed by atoms with Crippen molar-refractivity contribution in [2.24, 2.45) is 0 Å². The van der Waals surface area contributed by atoms with Crippen molar-refractivity contribution in [3.05, 3.63) is 34.7 Å². The number of carbonyl (C=O) groups is 1. The molecule has 0 aliphatic carbocycles. The summed E-state index contributed by atoms with van der Waals surface area (Å²) in [6.07, 6.45) is 0. The van der Waals surface area contributed by atoms with Gasteiger partial charge in [-0.2, -0.15) is 0 Å². The topological polar surface area (TPSA) is 61.5 Å². The van der Waals surface area contributed by atoms with Crippen LogP contribution in [0.3, 0.4) is 0 Å². The van der Waals surface area contributed by atoms with Crippen molar-refractivity contribution in [1.29, 1.82) is 0 Å². The van der Waals surface area contributed by atoms with Gasteiger partial charge in [0, 0.05) is 10.4 Å². The van der Waals surface area contributed by atoms with Crippen LogP contribution in [0.4, 0.5) is 5.00 Å². The molecule has 0 radical (unpaired) electrons. The zero-order valence-electron chi connectivity index (χ0n) is 12.6. The van der Waals surface area contributed by atoms with Gasteiger partial charge in [-0.1, -0.05) is 26.0 Å². The van der Waals surface area contributed by atoms with E-state index in [0.29, 0.717) is 10.6 Å². The molecule has 1 aromatic carbocycles. The maximum absolute atomic E-state index is 12.1. The van der Waals surface area contributed by atoms with Gasteiger partial charge in [-0.3, -0.25) is 0 Å². The highest BCUT2D eigenvalue weighted by molar-refractivity contribution is 7.17. The first-order chi connectivity index (χ1) is 9.99. The predicted octanol–water partition coefficient (Wildman–Crippen LogP) is 3.92. The van der Waals surface area contributed by atoms with Crippen LogP contribution in [0.25, 0.3) is 11.1 Å². The number of methoxy groups -OCH3 is 2. The number of nitrogen functional groups attached to an aromatic ring is 1. The first-order valence-electron chi connectivity index (χ1n) is 6.64. The minimum atomic E-state index is -0.401. The van der Waals surface area contributed by atoms with Gasteiger partial charge in [0.05, 0.1) is 14.2 Å². The number of esters is 1. The molecule has 2 N–H and O–H groups in total. The molecule has 0 atom stereocenters. The van der Waals surface area contributed by atoms with Crippen LogP contribution in [0.15, 0.2) is 24.3 Å². The molecule has 0 unspecified atom stereocenters. The van der Waals surface area contributed by atoms with Crippen LogP contribution >= 0.6 is 11.3 Å². The summed E-state index contributed by atoms with van der Waals surface area (Å²) in [5.74, 6) is 0.641. The Hall–Kier alpha value is -2.01. The average molecular weight is 305 g/mol. The monoisotopic (exact) mass is 305 g/mol. The summed E-state index contributed by atoms with van der Waals surface area (Å²) in [6.45, 7) is 4.17. The minimum absolute atomic E-state index is 0.271. The fourth-order valence-corrected chi connectivity index (χ4v) is 3.30. The van der Waals surface area contributed by atoms with Crippen LogP contribution in [-0.2, 0) is 4.74 Å². The maximum Gasteiger partial charge on any atom is 0.341 e. The molecule has 0 bridgehead atoms. The SMILES string of the molecule is COC(=O)c1c(N)sc(C(C)C)c1-c1ccc(OC)cc1. The Labute approximate surface area is 128 Å². The number of ether oxygens (including phenoxy) is 2. The van der Waals surface area contributed by atoms with Gasteiger partial charge >= 0.3 is 5.97 Å². The molecule has 0 fully saturated rings. The molecule has 0 amide bonds. The Balaban J connectivity index is 2.65. The third-order valence-corrected chi connectivity index (χ3v) is 4.57. The van der Waals surface area contributed by atoms with E-state index in [1.54, 1.807) is 7.11 Å². The number of anilines is 1. The van der Waals surface area contributed by atoms with E-state index in [2.05, 4.69) is 13.8 Å². The molecule has 1 heterocycles. The van der Waals surface area contributed by atoms with E-state index in [4.69, 9.17) is 15.2 Å². The van der Waals surface area contributed by atoms with Crippen molar-refractivity contribution in [2.45, 2.75) is 19.8 Å². The quantitative estimate of drug-likeness (QED) is 0.870. The van der Waals surface area contributed by atoms with E-state index in [-0.39, 0.29) is 5.92 Å². The number of rotatable bonds is 4. The van der Waals surface area contributed by atoms with Crippen molar-refractivity contribution < 1.29 is 14.3 Å². The fraction of sp³-hybridized carbons (Fsp3) is 0.312. The molecule has 0 aliphatic rings. The summed E-state index contributed by atoms with van der Waals surface area (Å²) >= 11 is 1.44. The predicted molar refractivity (Wildman–Crippen MR) is 86.1 cm³/mol. The second kappa shape index (κ2) is 6.18. The third kappa shape index (κ3) is 2.88. The highest BCUT2D eigenvalue weighted by Gasteiger charge is 2.25. The van der Waals surface area contributed by atoms with Crippen LogP contribution in [0.5, 0.6) is 5.75 Å². The van der Waals surface area contributed by atoms with E-state index in [0.717, 1.165) is 21.8 Å². The molecular weight excluding hydrogens is 286 g/mol. The molecule has 0 saturated carbocycles. The van der Waals surface area contributed by atoms with Crippen molar-refractivity contribution in [1.82, 2.24) is 0 Å². The van der Waals surface area contributed by atoms with Crippen LogP contribution < -0.4 is 10.5 Å². The Morgan fingerprint density at radius 3 is 2.29 bits per heavy atom. The molecule has 0 aliphatic heterocycles. The van der Waals surface area contributed by atoms with Crippen LogP contribution in [0.2, 0.25) is 0 Å². The number of thiophene rings is 1. The maximum atomic E-state index is 12.1. The Morgan fingerprint density at radius 2 is 1.81 bits per heavy atom. The highest BCUT2D eigenvalue weighted by atomic mass is 32.1. The Morgan fingerprint density at radius 1 is 1.19 bits per heavy atom. The van der Waals surface area contributed by atoms with E-state index in [9.17, 15) is 4.79 Å². The van der Waals surface area contributed by atoms with Gasteiger partial charge in [0.25, 0.3) is 0 Å². The summed E-state index contributed by atoms with van der Waals surface area (Å²) in [4.78, 5) is 13.1. The van der Waals surface area contributed by atoms with Gasteiger partial charge in [0.2, 0.25) is 0 Å². The van der Waals surface area contributed by atoms with Gasteiger partial charge in [0.15, 0.2) is 0 Å². The smallest absolute Gasteiger partial charge is 0.341 e. The highest BCUT2D eigenvalue weighted by Crippen LogP contribution is 2.43. The van der Waals surface area contributed by atoms with Crippen LogP contribution in [-0.4, -0.2) is 20.2 Å².